The van der Waals surface area contributed by atoms with Crippen LogP contribution in [0.3, 0.4) is 0 Å². The summed E-state index contributed by atoms with van der Waals surface area (Å²) in [4.78, 5) is 22.9. The van der Waals surface area contributed by atoms with E-state index in [2.05, 4.69) is 38.3 Å². The summed E-state index contributed by atoms with van der Waals surface area (Å²) in [6.45, 7) is 6.97. The minimum Gasteiger partial charge on any atom is -0.367 e. The molecule has 1 amide bonds. The van der Waals surface area contributed by atoms with Crippen molar-refractivity contribution in [3.8, 4) is 0 Å². The van der Waals surface area contributed by atoms with Gasteiger partial charge >= 0.3 is 0 Å². The molecule has 1 atom stereocenters. The third-order valence-electron chi connectivity index (χ3n) is 5.77. The van der Waals surface area contributed by atoms with Crippen molar-refractivity contribution in [2.24, 2.45) is 0 Å². The first-order valence-electron chi connectivity index (χ1n) is 11.2. The van der Waals surface area contributed by atoms with E-state index in [9.17, 15) is 4.79 Å². The summed E-state index contributed by atoms with van der Waals surface area (Å²) < 4.78 is 0. The molecule has 3 aromatic rings. The molecule has 0 spiro atoms. The van der Waals surface area contributed by atoms with Gasteiger partial charge in [0.05, 0.1) is 16.6 Å². The van der Waals surface area contributed by atoms with Gasteiger partial charge in [0.15, 0.2) is 0 Å². The highest BCUT2D eigenvalue weighted by Crippen LogP contribution is 2.29. The van der Waals surface area contributed by atoms with Crippen LogP contribution >= 0.6 is 11.8 Å². The molecule has 1 N–H and O–H groups in total. The average molecular weight is 447 g/mol. The molecule has 1 aliphatic heterocycles. The molecule has 1 aromatic heterocycles. The molecule has 2 aromatic carbocycles. The van der Waals surface area contributed by atoms with Crippen molar-refractivity contribution in [2.75, 3.05) is 42.9 Å². The number of pyridine rings is 1. The van der Waals surface area contributed by atoms with E-state index >= 15 is 0 Å². The zero-order valence-corrected chi connectivity index (χ0v) is 19.3. The van der Waals surface area contributed by atoms with Crippen LogP contribution in [0.15, 0.2) is 84.0 Å². The molecule has 0 bridgehead atoms. The Morgan fingerprint density at radius 1 is 0.969 bits per heavy atom. The lowest BCUT2D eigenvalue weighted by Crippen LogP contribution is -2.47. The highest BCUT2D eigenvalue weighted by atomic mass is 32.2. The van der Waals surface area contributed by atoms with E-state index < -0.39 is 0 Å². The molecule has 1 unspecified atom stereocenters. The van der Waals surface area contributed by atoms with Crippen LogP contribution in [0.5, 0.6) is 0 Å². The number of benzene rings is 2. The van der Waals surface area contributed by atoms with E-state index in [1.165, 1.54) is 5.56 Å². The highest BCUT2D eigenvalue weighted by molar-refractivity contribution is 8.00. The summed E-state index contributed by atoms with van der Waals surface area (Å²) in [5.74, 6) is 0.0299. The minimum atomic E-state index is -0.171. The quantitative estimate of drug-likeness (QED) is 0.514. The standard InChI is InChI=1S/C26H30N4OS/c1-21(32-23-7-3-2-4-8-23)26(31)28-24-9-5-6-10-25(24)30-19-17-29(18-20-30)16-13-22-11-14-27-15-12-22/h2-12,14-15,21H,13,16-20H2,1H3,(H,28,31). The monoisotopic (exact) mass is 446 g/mol. The van der Waals surface area contributed by atoms with E-state index in [-0.39, 0.29) is 11.2 Å². The normalized spacial score (nSPS) is 15.3. The predicted octanol–water partition coefficient (Wildman–Crippen LogP) is 4.57. The molecule has 0 saturated carbocycles. The minimum absolute atomic E-state index is 0.0299. The Morgan fingerprint density at radius 3 is 2.41 bits per heavy atom. The van der Waals surface area contributed by atoms with Crippen LogP contribution in [0.1, 0.15) is 12.5 Å². The number of thioether (sulfide) groups is 1. The number of anilines is 2. The first kappa shape index (κ1) is 22.4. The fourth-order valence-electron chi connectivity index (χ4n) is 3.90. The molecule has 1 fully saturated rings. The van der Waals surface area contributed by atoms with E-state index in [1.54, 1.807) is 11.8 Å². The van der Waals surface area contributed by atoms with Crippen molar-refractivity contribution >= 4 is 29.0 Å². The topological polar surface area (TPSA) is 48.5 Å². The molecule has 166 valence electrons. The Balaban J connectivity index is 1.32. The van der Waals surface area contributed by atoms with Gasteiger partial charge in [0.2, 0.25) is 5.91 Å². The van der Waals surface area contributed by atoms with Crippen molar-refractivity contribution in [1.29, 1.82) is 0 Å². The summed E-state index contributed by atoms with van der Waals surface area (Å²) in [5, 5.41) is 2.99. The molecule has 0 radical (unpaired) electrons. The molecule has 6 heteroatoms. The molecule has 32 heavy (non-hydrogen) atoms. The van der Waals surface area contributed by atoms with Gasteiger partial charge in [-0.25, -0.2) is 0 Å². The van der Waals surface area contributed by atoms with Crippen molar-refractivity contribution in [1.82, 2.24) is 9.88 Å². The summed E-state index contributed by atoms with van der Waals surface area (Å²) in [5.41, 5.74) is 3.33. The first-order valence-corrected chi connectivity index (χ1v) is 12.0. The number of nitrogens with one attached hydrogen (secondary N) is 1. The van der Waals surface area contributed by atoms with Crippen molar-refractivity contribution < 1.29 is 4.79 Å². The number of carbonyl (C=O) groups excluding carboxylic acids is 1. The number of nitrogens with zero attached hydrogens (tertiary/aromatic N) is 3. The number of para-hydroxylation sites is 2. The SMILES string of the molecule is CC(Sc1ccccc1)C(=O)Nc1ccccc1N1CCN(CCc2ccncc2)CC1. The summed E-state index contributed by atoms with van der Waals surface area (Å²) in [6.07, 6.45) is 4.77. The predicted molar refractivity (Wildman–Crippen MR) is 133 cm³/mol. The van der Waals surface area contributed by atoms with E-state index in [0.29, 0.717) is 0 Å². The second-order valence-electron chi connectivity index (χ2n) is 8.01. The Hall–Kier alpha value is -2.83. The maximum absolute atomic E-state index is 12.9. The fourth-order valence-corrected chi connectivity index (χ4v) is 4.78. The van der Waals surface area contributed by atoms with Crippen LogP contribution in [0.25, 0.3) is 0 Å². The van der Waals surface area contributed by atoms with Crippen molar-refractivity contribution in [3.05, 3.63) is 84.7 Å². The third kappa shape index (κ3) is 6.11. The summed E-state index contributed by atoms with van der Waals surface area (Å²) >= 11 is 1.58. The summed E-state index contributed by atoms with van der Waals surface area (Å²) in [7, 11) is 0. The molecule has 1 aliphatic rings. The number of aromatic nitrogens is 1. The molecule has 1 saturated heterocycles. The van der Waals surface area contributed by atoms with Crippen LogP contribution in [0, 0.1) is 0 Å². The maximum atomic E-state index is 12.9. The summed E-state index contributed by atoms with van der Waals surface area (Å²) in [6, 6.07) is 22.4. The van der Waals surface area contributed by atoms with Crippen LogP contribution in [0.2, 0.25) is 0 Å². The molecule has 4 rings (SSSR count). The Bertz CT molecular complexity index is 991. The average Bonchev–Trinajstić information content (AvgIpc) is 2.85. The first-order chi connectivity index (χ1) is 15.7. The van der Waals surface area contributed by atoms with Gasteiger partial charge in [0, 0.05) is 50.0 Å². The molecule has 2 heterocycles. The number of carbonyl (C=O) groups is 1. The van der Waals surface area contributed by atoms with Crippen LogP contribution in [-0.4, -0.2) is 53.8 Å². The number of rotatable bonds is 8. The zero-order valence-electron chi connectivity index (χ0n) is 18.5. The van der Waals surface area contributed by atoms with Crippen molar-refractivity contribution in [3.63, 3.8) is 0 Å². The second-order valence-corrected chi connectivity index (χ2v) is 9.43. The van der Waals surface area contributed by atoms with Crippen LogP contribution < -0.4 is 10.2 Å². The van der Waals surface area contributed by atoms with Gasteiger partial charge in [0.1, 0.15) is 0 Å². The smallest absolute Gasteiger partial charge is 0.237 e. The van der Waals surface area contributed by atoms with Crippen molar-refractivity contribution in [2.45, 2.75) is 23.5 Å². The van der Waals surface area contributed by atoms with E-state index in [0.717, 1.165) is 55.4 Å². The van der Waals surface area contributed by atoms with Gasteiger partial charge in [-0.3, -0.25) is 14.7 Å². The fraction of sp³-hybridized carbons (Fsp3) is 0.308. The largest absolute Gasteiger partial charge is 0.367 e. The van der Waals surface area contributed by atoms with Gasteiger partial charge < -0.3 is 10.2 Å². The van der Waals surface area contributed by atoms with Gasteiger partial charge in [-0.05, 0) is 55.3 Å². The lowest BCUT2D eigenvalue weighted by molar-refractivity contribution is -0.115. The Labute approximate surface area is 194 Å². The van der Waals surface area contributed by atoms with Gasteiger partial charge in [0.25, 0.3) is 0 Å². The number of hydrogen-bond donors (Lipinski definition) is 1. The molecule has 5 nitrogen and oxygen atoms in total. The zero-order chi connectivity index (χ0) is 22.2. The number of amides is 1. The number of hydrogen-bond acceptors (Lipinski definition) is 5. The van der Waals surface area contributed by atoms with E-state index in [4.69, 9.17) is 0 Å². The maximum Gasteiger partial charge on any atom is 0.237 e. The molecule has 0 aliphatic carbocycles. The van der Waals surface area contributed by atoms with Gasteiger partial charge in [-0.2, -0.15) is 0 Å². The number of piperazine rings is 1. The highest BCUT2D eigenvalue weighted by Gasteiger charge is 2.21. The lowest BCUT2D eigenvalue weighted by Gasteiger charge is -2.37. The van der Waals surface area contributed by atoms with Crippen LogP contribution in [0.4, 0.5) is 11.4 Å². The Morgan fingerprint density at radius 2 is 1.66 bits per heavy atom. The molecular formula is C26H30N4OS. The second kappa shape index (κ2) is 11.2. The van der Waals surface area contributed by atoms with Gasteiger partial charge in [-0.1, -0.05) is 30.3 Å². The third-order valence-corrected chi connectivity index (χ3v) is 6.88. The van der Waals surface area contributed by atoms with E-state index in [1.807, 2.05) is 67.8 Å². The Kier molecular flexibility index (Phi) is 7.80. The van der Waals surface area contributed by atoms with Crippen LogP contribution in [-0.2, 0) is 11.2 Å². The van der Waals surface area contributed by atoms with Gasteiger partial charge in [-0.15, -0.1) is 11.8 Å². The lowest BCUT2D eigenvalue weighted by atomic mass is 10.1. The molecular weight excluding hydrogens is 416 g/mol.